The number of pyridine rings is 1. The molecular formula is C12H14N4. The van der Waals surface area contributed by atoms with Gasteiger partial charge in [-0.1, -0.05) is 0 Å². The molecule has 0 atom stereocenters. The van der Waals surface area contributed by atoms with Crippen molar-refractivity contribution in [2.75, 3.05) is 5.32 Å². The number of anilines is 1. The zero-order valence-corrected chi connectivity index (χ0v) is 9.00. The molecule has 1 aliphatic rings. The van der Waals surface area contributed by atoms with Crippen LogP contribution in [0, 0.1) is 0 Å². The molecule has 1 saturated carbocycles. The van der Waals surface area contributed by atoms with Crippen molar-refractivity contribution in [2.24, 2.45) is 0 Å². The van der Waals surface area contributed by atoms with Gasteiger partial charge in [0.15, 0.2) is 0 Å². The van der Waals surface area contributed by atoms with Gasteiger partial charge in [0.05, 0.1) is 6.54 Å². The van der Waals surface area contributed by atoms with Gasteiger partial charge in [0.1, 0.15) is 5.82 Å². The quantitative estimate of drug-likeness (QED) is 0.845. The minimum atomic E-state index is 0.657. The van der Waals surface area contributed by atoms with Gasteiger partial charge in [0, 0.05) is 30.7 Å². The number of hydrogen-bond acceptors (Lipinski definition) is 3. The van der Waals surface area contributed by atoms with Crippen LogP contribution in [0.3, 0.4) is 0 Å². The summed E-state index contributed by atoms with van der Waals surface area (Å²) in [6, 6.07) is 6.70. The maximum Gasteiger partial charge on any atom is 0.148 e. The Morgan fingerprint density at radius 1 is 1.25 bits per heavy atom. The summed E-state index contributed by atoms with van der Waals surface area (Å²) in [6.07, 6.45) is 8.17. The summed E-state index contributed by atoms with van der Waals surface area (Å²) in [5, 5.41) is 7.85. The molecule has 0 bridgehead atoms. The lowest BCUT2D eigenvalue weighted by Crippen LogP contribution is -2.04. The highest BCUT2D eigenvalue weighted by molar-refractivity contribution is 5.35. The molecule has 1 N–H and O–H groups in total. The lowest BCUT2D eigenvalue weighted by molar-refractivity contribution is 0.687. The molecule has 0 radical (unpaired) electrons. The van der Waals surface area contributed by atoms with Gasteiger partial charge in [-0.05, 0) is 30.5 Å². The minimum Gasteiger partial charge on any atom is -0.366 e. The molecule has 0 amide bonds. The summed E-state index contributed by atoms with van der Waals surface area (Å²) in [5.74, 6) is 0.983. The Morgan fingerprint density at radius 3 is 2.81 bits per heavy atom. The standard InChI is InChI=1S/C12H14N4/c1-2-11(1)14-12-5-8-16(15-12)9-10-3-6-13-7-4-10/h3-8,11H,1-2,9H2,(H,14,15). The van der Waals surface area contributed by atoms with E-state index in [9.17, 15) is 0 Å². The van der Waals surface area contributed by atoms with E-state index in [1.165, 1.54) is 18.4 Å². The summed E-state index contributed by atoms with van der Waals surface area (Å²) in [5.41, 5.74) is 1.22. The predicted molar refractivity (Wildman–Crippen MR) is 62.2 cm³/mol. The Labute approximate surface area is 94.3 Å². The fraction of sp³-hybridized carbons (Fsp3) is 0.333. The Morgan fingerprint density at radius 2 is 2.06 bits per heavy atom. The predicted octanol–water partition coefficient (Wildman–Crippen LogP) is 1.90. The number of aromatic nitrogens is 3. The fourth-order valence-electron chi connectivity index (χ4n) is 1.64. The van der Waals surface area contributed by atoms with Gasteiger partial charge in [-0.3, -0.25) is 9.67 Å². The summed E-state index contributed by atoms with van der Waals surface area (Å²) < 4.78 is 1.94. The third-order valence-corrected chi connectivity index (χ3v) is 2.66. The average molecular weight is 214 g/mol. The van der Waals surface area contributed by atoms with Crippen LogP contribution in [0.1, 0.15) is 18.4 Å². The molecule has 2 aromatic heterocycles. The molecule has 1 fully saturated rings. The molecule has 2 aromatic rings. The Hall–Kier alpha value is -1.84. The molecule has 0 unspecified atom stereocenters. The lowest BCUT2D eigenvalue weighted by atomic mass is 10.3. The number of nitrogens with one attached hydrogen (secondary N) is 1. The maximum absolute atomic E-state index is 4.47. The van der Waals surface area contributed by atoms with Crippen molar-refractivity contribution in [3.05, 3.63) is 42.4 Å². The van der Waals surface area contributed by atoms with Gasteiger partial charge in [0.25, 0.3) is 0 Å². The van der Waals surface area contributed by atoms with Crippen LogP contribution in [-0.4, -0.2) is 20.8 Å². The summed E-state index contributed by atoms with van der Waals surface area (Å²) >= 11 is 0. The Bertz CT molecular complexity index is 459. The smallest absolute Gasteiger partial charge is 0.148 e. The van der Waals surface area contributed by atoms with Crippen LogP contribution < -0.4 is 5.32 Å². The molecule has 0 saturated heterocycles. The van der Waals surface area contributed by atoms with Crippen LogP contribution in [0.15, 0.2) is 36.8 Å². The fourth-order valence-corrected chi connectivity index (χ4v) is 1.64. The molecule has 16 heavy (non-hydrogen) atoms. The molecule has 3 rings (SSSR count). The molecular weight excluding hydrogens is 200 g/mol. The average Bonchev–Trinajstić information content (AvgIpc) is 3.01. The van der Waals surface area contributed by atoms with Gasteiger partial charge in [0.2, 0.25) is 0 Å². The van der Waals surface area contributed by atoms with E-state index in [0.29, 0.717) is 6.04 Å². The molecule has 82 valence electrons. The molecule has 0 aliphatic heterocycles. The van der Waals surface area contributed by atoms with Gasteiger partial charge in [-0.25, -0.2) is 0 Å². The van der Waals surface area contributed by atoms with E-state index in [1.807, 2.05) is 41.5 Å². The molecule has 0 aromatic carbocycles. The second kappa shape index (κ2) is 3.96. The van der Waals surface area contributed by atoms with Crippen molar-refractivity contribution in [3.63, 3.8) is 0 Å². The first-order valence-corrected chi connectivity index (χ1v) is 5.59. The van der Waals surface area contributed by atoms with Crippen molar-refractivity contribution in [3.8, 4) is 0 Å². The van der Waals surface area contributed by atoms with Gasteiger partial charge in [-0.15, -0.1) is 0 Å². The first-order chi connectivity index (χ1) is 7.90. The van der Waals surface area contributed by atoms with E-state index in [4.69, 9.17) is 0 Å². The second-order valence-electron chi connectivity index (χ2n) is 4.17. The Balaban J connectivity index is 1.67. The maximum atomic E-state index is 4.47. The van der Waals surface area contributed by atoms with Crippen molar-refractivity contribution in [2.45, 2.75) is 25.4 Å². The van der Waals surface area contributed by atoms with E-state index >= 15 is 0 Å². The third kappa shape index (κ3) is 2.21. The number of hydrogen-bond donors (Lipinski definition) is 1. The normalized spacial score (nSPS) is 15.0. The molecule has 1 aliphatic carbocycles. The summed E-state index contributed by atoms with van der Waals surface area (Å²) in [4.78, 5) is 4.00. The van der Waals surface area contributed by atoms with E-state index in [-0.39, 0.29) is 0 Å². The first-order valence-electron chi connectivity index (χ1n) is 5.59. The highest BCUT2D eigenvalue weighted by atomic mass is 15.3. The van der Waals surface area contributed by atoms with Crippen molar-refractivity contribution in [1.82, 2.24) is 14.8 Å². The SMILES string of the molecule is c1cc(Cn2ccc(NC3CC3)n2)ccn1. The van der Waals surface area contributed by atoms with Gasteiger partial charge >= 0.3 is 0 Å². The lowest BCUT2D eigenvalue weighted by Gasteiger charge is -2.01. The largest absolute Gasteiger partial charge is 0.366 e. The van der Waals surface area contributed by atoms with Crippen LogP contribution in [0.4, 0.5) is 5.82 Å². The number of rotatable bonds is 4. The first kappa shape index (κ1) is 9.39. The highest BCUT2D eigenvalue weighted by Gasteiger charge is 2.21. The molecule has 4 nitrogen and oxygen atoms in total. The Kier molecular flexibility index (Phi) is 2.33. The van der Waals surface area contributed by atoms with Crippen LogP contribution in [0.2, 0.25) is 0 Å². The summed E-state index contributed by atoms with van der Waals surface area (Å²) in [6.45, 7) is 0.800. The molecule has 0 spiro atoms. The van der Waals surface area contributed by atoms with E-state index in [0.717, 1.165) is 12.4 Å². The monoisotopic (exact) mass is 214 g/mol. The van der Waals surface area contributed by atoms with Crippen molar-refractivity contribution < 1.29 is 0 Å². The van der Waals surface area contributed by atoms with E-state index < -0.39 is 0 Å². The second-order valence-corrected chi connectivity index (χ2v) is 4.17. The van der Waals surface area contributed by atoms with Crippen LogP contribution in [0.25, 0.3) is 0 Å². The van der Waals surface area contributed by atoms with E-state index in [1.54, 1.807) is 0 Å². The molecule has 4 heteroatoms. The minimum absolute atomic E-state index is 0.657. The third-order valence-electron chi connectivity index (χ3n) is 2.66. The van der Waals surface area contributed by atoms with Crippen LogP contribution in [-0.2, 0) is 6.54 Å². The van der Waals surface area contributed by atoms with Crippen LogP contribution >= 0.6 is 0 Å². The van der Waals surface area contributed by atoms with Gasteiger partial charge in [-0.2, -0.15) is 5.10 Å². The van der Waals surface area contributed by atoms with Crippen LogP contribution in [0.5, 0.6) is 0 Å². The highest BCUT2D eigenvalue weighted by Crippen LogP contribution is 2.23. The van der Waals surface area contributed by atoms with Gasteiger partial charge < -0.3 is 5.32 Å². The van der Waals surface area contributed by atoms with Crippen molar-refractivity contribution >= 4 is 5.82 Å². The number of nitrogens with zero attached hydrogens (tertiary/aromatic N) is 3. The van der Waals surface area contributed by atoms with E-state index in [2.05, 4.69) is 15.4 Å². The topological polar surface area (TPSA) is 42.7 Å². The zero-order chi connectivity index (χ0) is 10.8. The van der Waals surface area contributed by atoms with Crippen molar-refractivity contribution in [1.29, 1.82) is 0 Å². The summed E-state index contributed by atoms with van der Waals surface area (Å²) in [7, 11) is 0. The molecule has 2 heterocycles. The zero-order valence-electron chi connectivity index (χ0n) is 9.00.